The number of rotatable bonds is 3. The molecule has 1 aromatic carbocycles. The summed E-state index contributed by atoms with van der Waals surface area (Å²) in [4.78, 5) is 30.3. The minimum Gasteiger partial charge on any atom is -0.480 e. The van der Waals surface area contributed by atoms with Crippen LogP contribution in [0.3, 0.4) is 0 Å². The molecule has 1 amide bonds. The van der Waals surface area contributed by atoms with Crippen LogP contribution in [-0.2, 0) is 4.79 Å². The Kier molecular flexibility index (Phi) is 5.04. The number of carbonyl (C=O) groups is 2. The average Bonchev–Trinajstić information content (AvgIpc) is 2.62. The van der Waals surface area contributed by atoms with E-state index >= 15 is 0 Å². The van der Waals surface area contributed by atoms with Gasteiger partial charge in [0.1, 0.15) is 6.04 Å². The summed E-state index contributed by atoms with van der Waals surface area (Å²) in [6, 6.07) is 9.85. The van der Waals surface area contributed by atoms with Gasteiger partial charge in [0, 0.05) is 18.3 Å². The molecule has 1 N–H and O–H groups in total. The SMILES string of the molecule is CC1CCN(C(=O)c2cc(-c3ccccn3)ccc2Cl)C(C(=O)O)C1. The first-order valence-electron chi connectivity index (χ1n) is 8.22. The molecule has 0 spiro atoms. The molecule has 0 bridgehead atoms. The first-order valence-corrected chi connectivity index (χ1v) is 8.60. The highest BCUT2D eigenvalue weighted by Crippen LogP contribution is 2.29. The van der Waals surface area contributed by atoms with E-state index in [2.05, 4.69) is 4.98 Å². The highest BCUT2D eigenvalue weighted by molar-refractivity contribution is 6.34. The fraction of sp³-hybridized carbons (Fsp3) is 0.316. The zero-order valence-electron chi connectivity index (χ0n) is 13.9. The van der Waals surface area contributed by atoms with E-state index in [9.17, 15) is 14.7 Å². The summed E-state index contributed by atoms with van der Waals surface area (Å²) in [6.07, 6.45) is 2.92. The number of nitrogens with zero attached hydrogens (tertiary/aromatic N) is 2. The van der Waals surface area contributed by atoms with Gasteiger partial charge < -0.3 is 10.0 Å². The number of hydrogen-bond donors (Lipinski definition) is 1. The molecule has 2 heterocycles. The molecule has 5 nitrogen and oxygen atoms in total. The molecule has 0 aliphatic carbocycles. The number of piperidine rings is 1. The second-order valence-corrected chi connectivity index (χ2v) is 6.80. The number of benzene rings is 1. The topological polar surface area (TPSA) is 70.5 Å². The minimum atomic E-state index is -0.975. The lowest BCUT2D eigenvalue weighted by molar-refractivity contribution is -0.144. The van der Waals surface area contributed by atoms with E-state index in [4.69, 9.17) is 11.6 Å². The second-order valence-electron chi connectivity index (χ2n) is 6.39. The lowest BCUT2D eigenvalue weighted by Gasteiger charge is -2.36. The quantitative estimate of drug-likeness (QED) is 0.907. The first kappa shape index (κ1) is 17.4. The van der Waals surface area contributed by atoms with Gasteiger partial charge in [0.25, 0.3) is 5.91 Å². The van der Waals surface area contributed by atoms with Gasteiger partial charge in [-0.15, -0.1) is 0 Å². The molecule has 1 aliphatic rings. The molecule has 1 fully saturated rings. The van der Waals surface area contributed by atoms with Gasteiger partial charge in [-0.1, -0.05) is 30.7 Å². The Labute approximate surface area is 151 Å². The largest absolute Gasteiger partial charge is 0.480 e. The molecule has 2 aromatic rings. The molecule has 1 aromatic heterocycles. The number of carboxylic acid groups (broad SMARTS) is 1. The Morgan fingerprint density at radius 3 is 2.76 bits per heavy atom. The number of aromatic nitrogens is 1. The maximum Gasteiger partial charge on any atom is 0.326 e. The summed E-state index contributed by atoms with van der Waals surface area (Å²) < 4.78 is 0. The molecule has 3 rings (SSSR count). The molecule has 130 valence electrons. The number of amides is 1. The summed E-state index contributed by atoms with van der Waals surface area (Å²) in [5.41, 5.74) is 1.81. The number of pyridine rings is 1. The monoisotopic (exact) mass is 358 g/mol. The molecule has 25 heavy (non-hydrogen) atoms. The summed E-state index contributed by atoms with van der Waals surface area (Å²) >= 11 is 6.24. The molecule has 1 aliphatic heterocycles. The average molecular weight is 359 g/mol. The van der Waals surface area contributed by atoms with Crippen molar-refractivity contribution >= 4 is 23.5 Å². The van der Waals surface area contributed by atoms with Crippen LogP contribution in [0.5, 0.6) is 0 Å². The number of hydrogen-bond acceptors (Lipinski definition) is 3. The molecular weight excluding hydrogens is 340 g/mol. The summed E-state index contributed by atoms with van der Waals surface area (Å²) in [7, 11) is 0. The normalized spacial score (nSPS) is 20.3. The van der Waals surface area contributed by atoms with Crippen molar-refractivity contribution in [1.29, 1.82) is 0 Å². The predicted octanol–water partition coefficient (Wildman–Crippen LogP) is 3.73. The molecule has 1 saturated heterocycles. The van der Waals surface area contributed by atoms with Gasteiger partial charge in [0.2, 0.25) is 0 Å². The van der Waals surface area contributed by atoms with Crippen LogP contribution in [0.4, 0.5) is 0 Å². The number of carboxylic acids is 1. The number of carbonyl (C=O) groups excluding carboxylic acids is 1. The Morgan fingerprint density at radius 2 is 2.08 bits per heavy atom. The van der Waals surface area contributed by atoms with E-state index in [1.807, 2.05) is 25.1 Å². The van der Waals surface area contributed by atoms with Crippen molar-refractivity contribution in [3.63, 3.8) is 0 Å². The van der Waals surface area contributed by atoms with E-state index in [1.165, 1.54) is 4.90 Å². The van der Waals surface area contributed by atoms with Crippen LogP contribution in [0.1, 0.15) is 30.1 Å². The van der Waals surface area contributed by atoms with E-state index in [1.54, 1.807) is 24.4 Å². The van der Waals surface area contributed by atoms with Crippen LogP contribution in [-0.4, -0.2) is 39.5 Å². The van der Waals surface area contributed by atoms with Crippen LogP contribution in [0.2, 0.25) is 5.02 Å². The Bertz CT molecular complexity index is 795. The molecular formula is C19H19ClN2O3. The molecule has 6 heteroatoms. The highest BCUT2D eigenvalue weighted by Gasteiger charge is 2.35. The third kappa shape index (κ3) is 3.66. The van der Waals surface area contributed by atoms with Gasteiger partial charge in [-0.3, -0.25) is 9.78 Å². The maximum absolute atomic E-state index is 13.0. The molecule has 2 unspecified atom stereocenters. The summed E-state index contributed by atoms with van der Waals surface area (Å²) in [6.45, 7) is 2.42. The van der Waals surface area contributed by atoms with Gasteiger partial charge in [-0.2, -0.15) is 0 Å². The van der Waals surface area contributed by atoms with Crippen molar-refractivity contribution in [2.75, 3.05) is 6.54 Å². The van der Waals surface area contributed by atoms with Crippen molar-refractivity contribution in [2.45, 2.75) is 25.8 Å². The fourth-order valence-corrected chi connectivity index (χ4v) is 3.35. The number of halogens is 1. The summed E-state index contributed by atoms with van der Waals surface area (Å²) in [5.74, 6) is -1.04. The van der Waals surface area contributed by atoms with Gasteiger partial charge in [0.15, 0.2) is 0 Å². The molecule has 0 saturated carbocycles. The predicted molar refractivity (Wildman–Crippen MR) is 95.5 cm³/mol. The zero-order chi connectivity index (χ0) is 18.0. The number of aliphatic carboxylic acids is 1. The third-order valence-corrected chi connectivity index (χ3v) is 4.90. The van der Waals surface area contributed by atoms with Gasteiger partial charge in [-0.05, 0) is 43.0 Å². The highest BCUT2D eigenvalue weighted by atomic mass is 35.5. The van der Waals surface area contributed by atoms with Crippen LogP contribution in [0.15, 0.2) is 42.6 Å². The number of likely N-dealkylation sites (tertiary alicyclic amines) is 1. The van der Waals surface area contributed by atoms with Crippen molar-refractivity contribution < 1.29 is 14.7 Å². The van der Waals surface area contributed by atoms with Crippen molar-refractivity contribution in [2.24, 2.45) is 5.92 Å². The second kappa shape index (κ2) is 7.23. The fourth-order valence-electron chi connectivity index (χ4n) is 3.16. The lowest BCUT2D eigenvalue weighted by atomic mass is 9.91. The van der Waals surface area contributed by atoms with Crippen molar-refractivity contribution in [1.82, 2.24) is 9.88 Å². The smallest absolute Gasteiger partial charge is 0.326 e. The summed E-state index contributed by atoms with van der Waals surface area (Å²) in [5, 5.41) is 9.80. The van der Waals surface area contributed by atoms with Crippen LogP contribution in [0.25, 0.3) is 11.3 Å². The van der Waals surface area contributed by atoms with Crippen LogP contribution >= 0.6 is 11.6 Å². The lowest BCUT2D eigenvalue weighted by Crippen LogP contribution is -2.49. The first-order chi connectivity index (χ1) is 12.0. The molecule has 2 atom stereocenters. The maximum atomic E-state index is 13.0. The standard InChI is InChI=1S/C19H19ClN2O3/c1-12-7-9-22(17(10-12)19(24)25)18(23)14-11-13(5-6-15(14)20)16-4-2-3-8-21-16/h2-6,8,11-12,17H,7,9-10H2,1H3,(H,24,25). The Hall–Kier alpha value is -2.40. The third-order valence-electron chi connectivity index (χ3n) is 4.57. The van der Waals surface area contributed by atoms with E-state index in [0.717, 1.165) is 17.7 Å². The molecule has 0 radical (unpaired) electrons. The Balaban J connectivity index is 1.95. The van der Waals surface area contributed by atoms with Crippen molar-refractivity contribution in [3.8, 4) is 11.3 Å². The van der Waals surface area contributed by atoms with E-state index < -0.39 is 12.0 Å². The Morgan fingerprint density at radius 1 is 1.28 bits per heavy atom. The van der Waals surface area contributed by atoms with Crippen LogP contribution in [0, 0.1) is 5.92 Å². The van der Waals surface area contributed by atoms with Crippen LogP contribution < -0.4 is 0 Å². The zero-order valence-corrected chi connectivity index (χ0v) is 14.6. The van der Waals surface area contributed by atoms with E-state index in [-0.39, 0.29) is 11.8 Å². The van der Waals surface area contributed by atoms with Gasteiger partial charge in [0.05, 0.1) is 16.3 Å². The van der Waals surface area contributed by atoms with Gasteiger partial charge in [-0.25, -0.2) is 4.79 Å². The van der Waals surface area contributed by atoms with Crippen molar-refractivity contribution in [3.05, 3.63) is 53.2 Å². The van der Waals surface area contributed by atoms with Gasteiger partial charge >= 0.3 is 5.97 Å². The minimum absolute atomic E-state index is 0.278. The van der Waals surface area contributed by atoms with E-state index in [0.29, 0.717) is 23.6 Å².